The number of aliphatic imine (C=N–C) groups is 1. The van der Waals surface area contributed by atoms with E-state index >= 15 is 0 Å². The fourth-order valence-electron chi connectivity index (χ4n) is 3.94. The zero-order valence-corrected chi connectivity index (χ0v) is 20.7. The summed E-state index contributed by atoms with van der Waals surface area (Å²) in [4.78, 5) is 7.08. The van der Waals surface area contributed by atoms with Gasteiger partial charge < -0.3 is 15.4 Å². The van der Waals surface area contributed by atoms with Crippen molar-refractivity contribution in [2.45, 2.75) is 46.0 Å². The van der Waals surface area contributed by atoms with Gasteiger partial charge in [-0.15, -0.1) is 24.0 Å². The van der Waals surface area contributed by atoms with Gasteiger partial charge in [0.2, 0.25) is 0 Å². The Labute approximate surface area is 188 Å². The Morgan fingerprint density at radius 1 is 1.14 bits per heavy atom. The lowest BCUT2D eigenvalue weighted by molar-refractivity contribution is 0.107. The Hall–Kier alpha value is -0.130. The summed E-state index contributed by atoms with van der Waals surface area (Å²) in [6, 6.07) is 0. The molecular weight excluding hydrogens is 491 g/mol. The topological polar surface area (TPSA) is 83.0 Å². The molecule has 2 N–H and O–H groups in total. The first-order valence-corrected chi connectivity index (χ1v) is 12.3. The van der Waals surface area contributed by atoms with Crippen LogP contribution in [0.1, 0.15) is 46.0 Å². The maximum absolute atomic E-state index is 11.5. The highest BCUT2D eigenvalue weighted by molar-refractivity contribution is 14.0. The summed E-state index contributed by atoms with van der Waals surface area (Å²) in [7, 11) is -2.81. The second-order valence-electron chi connectivity index (χ2n) is 7.77. The third-order valence-electron chi connectivity index (χ3n) is 5.72. The maximum atomic E-state index is 11.5. The van der Waals surface area contributed by atoms with Gasteiger partial charge in [-0.3, -0.25) is 9.89 Å². The van der Waals surface area contributed by atoms with Crippen LogP contribution in [0, 0.1) is 5.41 Å². The number of halogens is 1. The number of hydrogen-bond acceptors (Lipinski definition) is 5. The summed E-state index contributed by atoms with van der Waals surface area (Å²) in [6.45, 7) is 10.3. The number of ether oxygens (including phenoxy) is 1. The van der Waals surface area contributed by atoms with Gasteiger partial charge in [-0.2, -0.15) is 0 Å². The molecule has 2 fully saturated rings. The van der Waals surface area contributed by atoms with Crippen LogP contribution < -0.4 is 10.6 Å². The average Bonchev–Trinajstić information content (AvgIpc) is 3.10. The quantitative estimate of drug-likeness (QED) is 0.194. The number of rotatable bonds is 10. The zero-order chi connectivity index (χ0) is 19.6. The molecular formula is C19H39IN4O3S. The first-order chi connectivity index (χ1) is 13.0. The van der Waals surface area contributed by atoms with Gasteiger partial charge in [0, 0.05) is 52.5 Å². The summed E-state index contributed by atoms with van der Waals surface area (Å²) in [5.41, 5.74) is 0.290. The van der Waals surface area contributed by atoms with Crippen molar-refractivity contribution >= 4 is 39.8 Å². The van der Waals surface area contributed by atoms with Crippen LogP contribution in [-0.4, -0.2) is 83.3 Å². The standard InChI is InChI=1S/C19H38N4O3S.HI/c1-3-20-18(21-10-11-23-12-15-27(24,25)16-13-23)22-17-19(7-5-6-8-19)9-14-26-4-2;/h3-17H2,1-2H3,(H2,20,21,22);1H. The third-order valence-corrected chi connectivity index (χ3v) is 7.33. The molecule has 0 atom stereocenters. The molecule has 1 saturated carbocycles. The SMILES string of the molecule is CCNC(=NCC1(CCOCC)CCCC1)NCCN1CCS(=O)(=O)CC1.I. The molecule has 0 spiro atoms. The fourth-order valence-corrected chi connectivity index (χ4v) is 5.22. The second kappa shape index (κ2) is 13.2. The van der Waals surface area contributed by atoms with Crippen LogP contribution >= 0.6 is 24.0 Å². The number of sulfone groups is 1. The smallest absolute Gasteiger partial charge is 0.191 e. The van der Waals surface area contributed by atoms with Gasteiger partial charge in [0.1, 0.15) is 0 Å². The summed E-state index contributed by atoms with van der Waals surface area (Å²) in [5, 5.41) is 6.75. The van der Waals surface area contributed by atoms with Crippen molar-refractivity contribution in [2.24, 2.45) is 10.4 Å². The normalized spacial score (nSPS) is 21.9. The van der Waals surface area contributed by atoms with E-state index in [-0.39, 0.29) is 35.5 Å². The van der Waals surface area contributed by atoms with Gasteiger partial charge in [0.25, 0.3) is 0 Å². The molecule has 0 aromatic carbocycles. The van der Waals surface area contributed by atoms with E-state index in [2.05, 4.69) is 22.5 Å². The summed E-state index contributed by atoms with van der Waals surface area (Å²) in [6.07, 6.45) is 6.16. The van der Waals surface area contributed by atoms with Crippen molar-refractivity contribution in [3.8, 4) is 0 Å². The van der Waals surface area contributed by atoms with E-state index in [0.717, 1.165) is 51.8 Å². The minimum Gasteiger partial charge on any atom is -0.382 e. The molecule has 2 aliphatic rings. The Kier molecular flexibility index (Phi) is 12.2. The van der Waals surface area contributed by atoms with Crippen LogP contribution in [0.2, 0.25) is 0 Å². The van der Waals surface area contributed by atoms with E-state index in [4.69, 9.17) is 9.73 Å². The highest BCUT2D eigenvalue weighted by Gasteiger charge is 2.33. The van der Waals surface area contributed by atoms with Crippen molar-refractivity contribution in [3.63, 3.8) is 0 Å². The molecule has 0 amide bonds. The lowest BCUT2D eigenvalue weighted by Gasteiger charge is -2.28. The summed E-state index contributed by atoms with van der Waals surface area (Å²) in [5.74, 6) is 1.43. The minimum atomic E-state index is -2.81. The average molecular weight is 531 g/mol. The maximum Gasteiger partial charge on any atom is 0.191 e. The monoisotopic (exact) mass is 530 g/mol. The van der Waals surface area contributed by atoms with E-state index in [1.807, 2.05) is 6.92 Å². The van der Waals surface area contributed by atoms with Crippen molar-refractivity contribution < 1.29 is 13.2 Å². The van der Waals surface area contributed by atoms with E-state index in [1.54, 1.807) is 0 Å². The molecule has 1 heterocycles. The minimum absolute atomic E-state index is 0. The molecule has 28 heavy (non-hydrogen) atoms. The Morgan fingerprint density at radius 2 is 1.82 bits per heavy atom. The van der Waals surface area contributed by atoms with E-state index in [9.17, 15) is 8.42 Å². The number of guanidine groups is 1. The largest absolute Gasteiger partial charge is 0.382 e. The lowest BCUT2D eigenvalue weighted by atomic mass is 9.83. The molecule has 0 unspecified atom stereocenters. The van der Waals surface area contributed by atoms with Crippen molar-refractivity contribution in [1.29, 1.82) is 0 Å². The molecule has 2 rings (SSSR count). The number of hydrogen-bond donors (Lipinski definition) is 2. The molecule has 1 aliphatic carbocycles. The summed E-state index contributed by atoms with van der Waals surface area (Å²) < 4.78 is 28.6. The van der Waals surface area contributed by atoms with Crippen molar-refractivity contribution in [1.82, 2.24) is 15.5 Å². The molecule has 0 radical (unpaired) electrons. The first kappa shape index (κ1) is 25.9. The molecule has 1 aliphatic heterocycles. The molecule has 166 valence electrons. The predicted molar refractivity (Wildman–Crippen MR) is 127 cm³/mol. The van der Waals surface area contributed by atoms with Crippen LogP contribution in [0.4, 0.5) is 0 Å². The Morgan fingerprint density at radius 3 is 2.43 bits per heavy atom. The van der Waals surface area contributed by atoms with Crippen molar-refractivity contribution in [2.75, 3.05) is 64.0 Å². The van der Waals surface area contributed by atoms with E-state index < -0.39 is 9.84 Å². The molecule has 7 nitrogen and oxygen atoms in total. The van der Waals surface area contributed by atoms with E-state index in [0.29, 0.717) is 18.5 Å². The van der Waals surface area contributed by atoms with Crippen LogP contribution in [0.15, 0.2) is 4.99 Å². The molecule has 0 aromatic rings. The van der Waals surface area contributed by atoms with Gasteiger partial charge in [0.15, 0.2) is 15.8 Å². The van der Waals surface area contributed by atoms with E-state index in [1.165, 1.54) is 25.7 Å². The fraction of sp³-hybridized carbons (Fsp3) is 0.947. The van der Waals surface area contributed by atoms with Gasteiger partial charge in [-0.1, -0.05) is 12.8 Å². The third kappa shape index (κ3) is 9.13. The first-order valence-electron chi connectivity index (χ1n) is 10.5. The molecule has 9 heteroatoms. The van der Waals surface area contributed by atoms with Crippen LogP contribution in [0.25, 0.3) is 0 Å². The number of nitrogens with one attached hydrogen (secondary N) is 2. The molecule has 0 aromatic heterocycles. The highest BCUT2D eigenvalue weighted by Crippen LogP contribution is 2.41. The van der Waals surface area contributed by atoms with Gasteiger partial charge in [-0.25, -0.2) is 8.42 Å². The van der Waals surface area contributed by atoms with Gasteiger partial charge >= 0.3 is 0 Å². The lowest BCUT2D eigenvalue weighted by Crippen LogP contribution is -2.46. The summed E-state index contributed by atoms with van der Waals surface area (Å²) >= 11 is 0. The van der Waals surface area contributed by atoms with Gasteiger partial charge in [0.05, 0.1) is 11.5 Å². The van der Waals surface area contributed by atoms with Crippen LogP contribution in [0.3, 0.4) is 0 Å². The highest BCUT2D eigenvalue weighted by atomic mass is 127. The number of nitrogens with zero attached hydrogens (tertiary/aromatic N) is 2. The molecule has 1 saturated heterocycles. The molecule has 0 bridgehead atoms. The Balaban J connectivity index is 0.00000392. The van der Waals surface area contributed by atoms with Gasteiger partial charge in [-0.05, 0) is 38.5 Å². The van der Waals surface area contributed by atoms with Crippen LogP contribution in [-0.2, 0) is 14.6 Å². The van der Waals surface area contributed by atoms with Crippen molar-refractivity contribution in [3.05, 3.63) is 0 Å². The zero-order valence-electron chi connectivity index (χ0n) is 17.5. The predicted octanol–water partition coefficient (Wildman–Crippen LogP) is 1.88. The second-order valence-corrected chi connectivity index (χ2v) is 10.1. The Bertz CT molecular complexity index is 552. The van der Waals surface area contributed by atoms with Crippen LogP contribution in [0.5, 0.6) is 0 Å².